The first kappa shape index (κ1) is 20.7. The minimum atomic E-state index is -3.01. The summed E-state index contributed by atoms with van der Waals surface area (Å²) in [5, 5.41) is 3.03. The van der Waals surface area contributed by atoms with E-state index < -0.39 is 9.84 Å². The number of amides is 1. The topological polar surface area (TPSA) is 75.7 Å². The monoisotopic (exact) mass is 382 g/mol. The minimum absolute atomic E-state index is 0.0744. The van der Waals surface area contributed by atoms with Gasteiger partial charge in [-0.15, -0.1) is 0 Å². The Labute approximate surface area is 156 Å². The zero-order chi connectivity index (χ0) is 19.4. The van der Waals surface area contributed by atoms with Gasteiger partial charge < -0.3 is 10.1 Å². The van der Waals surface area contributed by atoms with Gasteiger partial charge in [-0.25, -0.2) is 8.42 Å². The van der Waals surface area contributed by atoms with E-state index in [1.54, 1.807) is 7.11 Å². The van der Waals surface area contributed by atoms with Crippen LogP contribution in [0.15, 0.2) is 24.3 Å². The highest BCUT2D eigenvalue weighted by Gasteiger charge is 2.33. The largest absolute Gasteiger partial charge is 0.497 e. The number of nitrogens with zero attached hydrogens (tertiary/aromatic N) is 1. The second kappa shape index (κ2) is 8.39. The van der Waals surface area contributed by atoms with E-state index in [9.17, 15) is 13.2 Å². The van der Waals surface area contributed by atoms with Gasteiger partial charge in [0.2, 0.25) is 5.91 Å². The second-order valence-electron chi connectivity index (χ2n) is 7.60. The van der Waals surface area contributed by atoms with Crippen LogP contribution in [0.4, 0.5) is 0 Å². The van der Waals surface area contributed by atoms with Gasteiger partial charge in [0.1, 0.15) is 5.75 Å². The van der Waals surface area contributed by atoms with Crippen molar-refractivity contribution in [2.45, 2.75) is 51.7 Å². The number of hydrogen-bond acceptors (Lipinski definition) is 5. The molecule has 6 nitrogen and oxygen atoms in total. The second-order valence-corrected chi connectivity index (χ2v) is 9.82. The molecule has 1 aromatic carbocycles. The zero-order valence-corrected chi connectivity index (χ0v) is 16.9. The quantitative estimate of drug-likeness (QED) is 0.744. The highest BCUT2D eigenvalue weighted by Crippen LogP contribution is 2.21. The third-order valence-electron chi connectivity index (χ3n) is 4.98. The minimum Gasteiger partial charge on any atom is -0.497 e. The number of ether oxygens (including phenoxy) is 1. The predicted molar refractivity (Wildman–Crippen MR) is 103 cm³/mol. The summed E-state index contributed by atoms with van der Waals surface area (Å²) < 4.78 is 29.0. The lowest BCUT2D eigenvalue weighted by molar-refractivity contribution is -0.124. The van der Waals surface area contributed by atoms with Crippen molar-refractivity contribution in [3.8, 4) is 5.75 Å². The molecule has 1 saturated heterocycles. The Kier molecular flexibility index (Phi) is 6.69. The highest BCUT2D eigenvalue weighted by molar-refractivity contribution is 7.91. The summed E-state index contributed by atoms with van der Waals surface area (Å²) in [6.07, 6.45) is 1.40. The summed E-state index contributed by atoms with van der Waals surface area (Å²) in [5.74, 6) is 1.01. The molecule has 1 aliphatic rings. The number of benzene rings is 1. The summed E-state index contributed by atoms with van der Waals surface area (Å²) in [6.45, 7) is 6.72. The maximum Gasteiger partial charge on any atom is 0.234 e. The SMILES string of the molecule is CCC(C)(C)NC(=O)CN(Cc1ccc(OC)cc1)C1CCS(=O)(=O)C1. The van der Waals surface area contributed by atoms with Crippen molar-refractivity contribution in [2.75, 3.05) is 25.2 Å². The van der Waals surface area contributed by atoms with Gasteiger partial charge in [0, 0.05) is 18.1 Å². The molecule has 1 aromatic rings. The van der Waals surface area contributed by atoms with Crippen LogP contribution >= 0.6 is 0 Å². The molecule has 26 heavy (non-hydrogen) atoms. The number of carbonyl (C=O) groups is 1. The molecular formula is C19H30N2O4S. The van der Waals surface area contributed by atoms with Crippen LogP contribution in [0.5, 0.6) is 5.75 Å². The van der Waals surface area contributed by atoms with Gasteiger partial charge in [-0.05, 0) is 44.4 Å². The van der Waals surface area contributed by atoms with Gasteiger partial charge >= 0.3 is 0 Å². The molecule has 0 spiro atoms. The average molecular weight is 383 g/mol. The van der Waals surface area contributed by atoms with Crippen molar-refractivity contribution in [3.63, 3.8) is 0 Å². The number of rotatable bonds is 8. The Morgan fingerprint density at radius 2 is 1.96 bits per heavy atom. The van der Waals surface area contributed by atoms with Crippen LogP contribution in [0.1, 0.15) is 39.2 Å². The van der Waals surface area contributed by atoms with E-state index >= 15 is 0 Å². The van der Waals surface area contributed by atoms with E-state index in [-0.39, 0.29) is 35.5 Å². The van der Waals surface area contributed by atoms with E-state index in [2.05, 4.69) is 5.32 Å². The first-order valence-electron chi connectivity index (χ1n) is 9.02. The normalized spacial score (nSPS) is 19.5. The standard InChI is InChI=1S/C19H30N2O4S/c1-5-19(2,3)20-18(22)13-21(16-10-11-26(23,24)14-16)12-15-6-8-17(25-4)9-7-15/h6-9,16H,5,10-14H2,1-4H3,(H,20,22). The molecule has 0 aromatic heterocycles. The van der Waals surface area contributed by atoms with Crippen molar-refractivity contribution in [1.29, 1.82) is 0 Å². The molecule has 1 amide bonds. The van der Waals surface area contributed by atoms with E-state index in [0.717, 1.165) is 17.7 Å². The maximum absolute atomic E-state index is 12.5. The molecule has 7 heteroatoms. The molecule has 0 saturated carbocycles. The van der Waals surface area contributed by atoms with Gasteiger partial charge in [0.25, 0.3) is 0 Å². The Hall–Kier alpha value is -1.60. The Bertz CT molecular complexity index is 714. The van der Waals surface area contributed by atoms with Crippen LogP contribution in [0.2, 0.25) is 0 Å². The number of methoxy groups -OCH3 is 1. The molecule has 0 bridgehead atoms. The lowest BCUT2D eigenvalue weighted by Gasteiger charge is -2.30. The maximum atomic E-state index is 12.5. The number of carbonyl (C=O) groups excluding carboxylic acids is 1. The molecule has 1 fully saturated rings. The number of hydrogen-bond donors (Lipinski definition) is 1. The molecule has 1 heterocycles. The molecule has 1 N–H and O–H groups in total. The summed E-state index contributed by atoms with van der Waals surface area (Å²) in [6, 6.07) is 7.52. The van der Waals surface area contributed by atoms with Gasteiger partial charge in [-0.2, -0.15) is 0 Å². The Morgan fingerprint density at radius 3 is 2.46 bits per heavy atom. The van der Waals surface area contributed by atoms with Crippen LogP contribution in [0.3, 0.4) is 0 Å². The van der Waals surface area contributed by atoms with Crippen molar-refractivity contribution >= 4 is 15.7 Å². The van der Waals surface area contributed by atoms with Crippen LogP contribution in [0.25, 0.3) is 0 Å². The molecule has 1 atom stereocenters. The first-order chi connectivity index (χ1) is 12.1. The fourth-order valence-corrected chi connectivity index (χ4v) is 4.79. The van der Waals surface area contributed by atoms with E-state index in [0.29, 0.717) is 13.0 Å². The van der Waals surface area contributed by atoms with Crippen molar-refractivity contribution in [2.24, 2.45) is 0 Å². The molecule has 0 radical (unpaired) electrons. The van der Waals surface area contributed by atoms with Crippen molar-refractivity contribution in [1.82, 2.24) is 10.2 Å². The van der Waals surface area contributed by atoms with E-state index in [1.165, 1.54) is 0 Å². The molecule has 0 aliphatic carbocycles. The van der Waals surface area contributed by atoms with Crippen molar-refractivity contribution < 1.29 is 17.9 Å². The van der Waals surface area contributed by atoms with E-state index in [1.807, 2.05) is 49.9 Å². The fraction of sp³-hybridized carbons (Fsp3) is 0.632. The van der Waals surface area contributed by atoms with Gasteiger partial charge in [-0.3, -0.25) is 9.69 Å². The third kappa shape index (κ3) is 5.99. The van der Waals surface area contributed by atoms with Gasteiger partial charge in [-0.1, -0.05) is 19.1 Å². The summed E-state index contributed by atoms with van der Waals surface area (Å²) in [7, 11) is -1.40. The fourth-order valence-electron chi connectivity index (χ4n) is 3.03. The molecule has 1 aliphatic heterocycles. The molecule has 2 rings (SSSR count). The summed E-state index contributed by atoms with van der Waals surface area (Å²) in [5.41, 5.74) is 0.752. The molecule has 146 valence electrons. The van der Waals surface area contributed by atoms with Crippen LogP contribution < -0.4 is 10.1 Å². The summed E-state index contributed by atoms with van der Waals surface area (Å²) >= 11 is 0. The summed E-state index contributed by atoms with van der Waals surface area (Å²) in [4.78, 5) is 14.5. The zero-order valence-electron chi connectivity index (χ0n) is 16.1. The Morgan fingerprint density at radius 1 is 1.31 bits per heavy atom. The lowest BCUT2D eigenvalue weighted by Crippen LogP contribution is -2.49. The van der Waals surface area contributed by atoms with Crippen LogP contribution in [-0.4, -0.2) is 56.0 Å². The lowest BCUT2D eigenvalue weighted by atomic mass is 10.0. The van der Waals surface area contributed by atoms with Gasteiger partial charge in [0.05, 0.1) is 25.2 Å². The molecular weight excluding hydrogens is 352 g/mol. The highest BCUT2D eigenvalue weighted by atomic mass is 32.2. The van der Waals surface area contributed by atoms with Crippen molar-refractivity contribution in [3.05, 3.63) is 29.8 Å². The number of sulfone groups is 1. The number of nitrogens with one attached hydrogen (secondary N) is 1. The van der Waals surface area contributed by atoms with Gasteiger partial charge in [0.15, 0.2) is 9.84 Å². The smallest absolute Gasteiger partial charge is 0.234 e. The third-order valence-corrected chi connectivity index (χ3v) is 6.73. The first-order valence-corrected chi connectivity index (χ1v) is 10.8. The average Bonchev–Trinajstić information content (AvgIpc) is 2.94. The van der Waals surface area contributed by atoms with Crippen LogP contribution in [-0.2, 0) is 21.2 Å². The van der Waals surface area contributed by atoms with Crippen LogP contribution in [0, 0.1) is 0 Å². The predicted octanol–water partition coefficient (Wildman–Crippen LogP) is 1.99. The molecule has 1 unspecified atom stereocenters. The Balaban J connectivity index is 2.12. The van der Waals surface area contributed by atoms with E-state index in [4.69, 9.17) is 4.74 Å².